The molecule has 1 N–H and O–H groups in total. The molecule has 15 heavy (non-hydrogen) atoms. The van der Waals surface area contributed by atoms with Crippen LogP contribution in [0.2, 0.25) is 0 Å². The van der Waals surface area contributed by atoms with E-state index in [1.165, 1.54) is 6.92 Å². The van der Waals surface area contributed by atoms with Gasteiger partial charge in [-0.2, -0.15) is 0 Å². The van der Waals surface area contributed by atoms with Crippen molar-refractivity contribution in [2.24, 2.45) is 0 Å². The van der Waals surface area contributed by atoms with Crippen LogP contribution in [0.1, 0.15) is 23.1 Å². The summed E-state index contributed by atoms with van der Waals surface area (Å²) in [5, 5.41) is 9.54. The Morgan fingerprint density at radius 2 is 2.07 bits per heavy atom. The van der Waals surface area contributed by atoms with E-state index in [9.17, 15) is 9.90 Å². The number of benzene rings is 1. The largest absolute Gasteiger partial charge is 0.506 e. The van der Waals surface area contributed by atoms with Gasteiger partial charge in [0.2, 0.25) is 0 Å². The molecule has 0 atom stereocenters. The lowest BCUT2D eigenvalue weighted by Gasteiger charge is -2.04. The number of Topliss-reactive ketones (excluding diaryl/α,β-unsaturated/α-hetero) is 1. The highest BCUT2D eigenvalue weighted by molar-refractivity contribution is 5.95. The molecule has 0 saturated carbocycles. The molecule has 1 aromatic carbocycles. The van der Waals surface area contributed by atoms with Crippen LogP contribution in [-0.2, 0) is 0 Å². The van der Waals surface area contributed by atoms with Crippen molar-refractivity contribution in [3.05, 3.63) is 29.6 Å². The monoisotopic (exact) mass is 202 g/mol. The summed E-state index contributed by atoms with van der Waals surface area (Å²) in [4.78, 5) is 19.6. The number of para-hydroxylation sites is 1. The molecule has 76 valence electrons. The first-order valence-electron chi connectivity index (χ1n) is 4.57. The second-order valence-electron chi connectivity index (χ2n) is 3.36. The number of aromatic hydroxyl groups is 1. The number of phenolic OH excluding ortho intramolecular Hbond substituents is 1. The Morgan fingerprint density at radius 1 is 1.33 bits per heavy atom. The minimum absolute atomic E-state index is 0.0817. The van der Waals surface area contributed by atoms with E-state index in [-0.39, 0.29) is 11.5 Å². The van der Waals surface area contributed by atoms with Crippen molar-refractivity contribution >= 4 is 16.8 Å². The van der Waals surface area contributed by atoms with Crippen molar-refractivity contribution in [1.82, 2.24) is 9.97 Å². The fourth-order valence-corrected chi connectivity index (χ4v) is 1.48. The van der Waals surface area contributed by atoms with E-state index < -0.39 is 0 Å². The molecule has 0 aliphatic carbocycles. The fourth-order valence-electron chi connectivity index (χ4n) is 1.48. The third-order valence-electron chi connectivity index (χ3n) is 2.18. The molecule has 2 rings (SSSR count). The van der Waals surface area contributed by atoms with Gasteiger partial charge in [0.15, 0.2) is 5.78 Å². The Kier molecular flexibility index (Phi) is 2.11. The predicted octanol–water partition coefficient (Wildman–Crippen LogP) is 1.85. The van der Waals surface area contributed by atoms with Gasteiger partial charge in [-0.25, -0.2) is 9.97 Å². The van der Waals surface area contributed by atoms with Crippen LogP contribution < -0.4 is 0 Å². The number of carbonyl (C=O) groups is 1. The van der Waals surface area contributed by atoms with Crippen LogP contribution in [0.25, 0.3) is 11.0 Å². The summed E-state index contributed by atoms with van der Waals surface area (Å²) in [6.07, 6.45) is 0. The van der Waals surface area contributed by atoms with Gasteiger partial charge >= 0.3 is 0 Å². The van der Waals surface area contributed by atoms with E-state index in [2.05, 4.69) is 9.97 Å². The summed E-state index contributed by atoms with van der Waals surface area (Å²) in [7, 11) is 0. The topological polar surface area (TPSA) is 63.1 Å². The van der Waals surface area contributed by atoms with E-state index in [1.54, 1.807) is 25.1 Å². The average molecular weight is 202 g/mol. The predicted molar refractivity (Wildman–Crippen MR) is 55.9 cm³/mol. The fraction of sp³-hybridized carbons (Fsp3) is 0.182. The van der Waals surface area contributed by atoms with E-state index >= 15 is 0 Å². The molecule has 0 bridgehead atoms. The maximum absolute atomic E-state index is 11.2. The summed E-state index contributed by atoms with van der Waals surface area (Å²) in [5.74, 6) is -0.0385. The van der Waals surface area contributed by atoms with Crippen LogP contribution in [0.3, 0.4) is 0 Å². The number of fused-ring (bicyclic) bond motifs is 1. The Balaban J connectivity index is 2.82. The van der Waals surface area contributed by atoms with Gasteiger partial charge in [0.05, 0.1) is 11.2 Å². The van der Waals surface area contributed by atoms with Gasteiger partial charge in [-0.05, 0) is 19.1 Å². The van der Waals surface area contributed by atoms with E-state index in [0.29, 0.717) is 22.4 Å². The minimum Gasteiger partial charge on any atom is -0.506 e. The number of nitrogens with zero attached hydrogens (tertiary/aromatic N) is 2. The standard InChI is InChI=1S/C11H10N2O2/c1-6-10(7(2)14)13-8-4-3-5-9(15)11(8)12-6/h3-5,15H,1-2H3. The molecule has 4 nitrogen and oxygen atoms in total. The molecule has 0 unspecified atom stereocenters. The van der Waals surface area contributed by atoms with Crippen molar-refractivity contribution in [2.45, 2.75) is 13.8 Å². The molecule has 1 aromatic heterocycles. The molecule has 0 amide bonds. The third-order valence-corrected chi connectivity index (χ3v) is 2.18. The smallest absolute Gasteiger partial charge is 0.179 e. The summed E-state index contributed by atoms with van der Waals surface area (Å²) in [6, 6.07) is 4.93. The number of rotatable bonds is 1. The van der Waals surface area contributed by atoms with Crippen LogP contribution in [0.4, 0.5) is 0 Å². The number of carbonyl (C=O) groups excluding carboxylic acids is 1. The van der Waals surface area contributed by atoms with Gasteiger partial charge < -0.3 is 5.11 Å². The van der Waals surface area contributed by atoms with Crippen LogP contribution in [-0.4, -0.2) is 20.9 Å². The second kappa shape index (κ2) is 3.31. The van der Waals surface area contributed by atoms with E-state index in [1.807, 2.05) is 0 Å². The molecular weight excluding hydrogens is 192 g/mol. The first-order chi connectivity index (χ1) is 7.09. The van der Waals surface area contributed by atoms with Gasteiger partial charge in [-0.1, -0.05) is 6.07 Å². The third kappa shape index (κ3) is 1.54. The Bertz CT molecular complexity index is 550. The lowest BCUT2D eigenvalue weighted by molar-refractivity contribution is 0.101. The highest BCUT2D eigenvalue weighted by atomic mass is 16.3. The summed E-state index contributed by atoms with van der Waals surface area (Å²) in [5.41, 5.74) is 1.86. The normalized spacial score (nSPS) is 10.5. The maximum Gasteiger partial charge on any atom is 0.179 e. The van der Waals surface area contributed by atoms with Crippen molar-refractivity contribution in [3.8, 4) is 5.75 Å². The second-order valence-corrected chi connectivity index (χ2v) is 3.36. The Hall–Kier alpha value is -1.97. The quantitative estimate of drug-likeness (QED) is 0.717. The summed E-state index contributed by atoms with van der Waals surface area (Å²) < 4.78 is 0. The molecule has 0 saturated heterocycles. The summed E-state index contributed by atoms with van der Waals surface area (Å²) >= 11 is 0. The number of phenols is 1. The van der Waals surface area contributed by atoms with E-state index in [0.717, 1.165) is 0 Å². The average Bonchev–Trinajstić information content (AvgIpc) is 2.18. The van der Waals surface area contributed by atoms with Crippen molar-refractivity contribution in [1.29, 1.82) is 0 Å². The van der Waals surface area contributed by atoms with E-state index in [4.69, 9.17) is 0 Å². The number of ketones is 1. The van der Waals surface area contributed by atoms with Crippen LogP contribution >= 0.6 is 0 Å². The van der Waals surface area contributed by atoms with Gasteiger partial charge in [0.1, 0.15) is 17.0 Å². The first kappa shape index (κ1) is 9.58. The van der Waals surface area contributed by atoms with Crippen molar-refractivity contribution < 1.29 is 9.90 Å². The Labute approximate surface area is 86.6 Å². The minimum atomic E-state index is -0.120. The molecule has 0 fully saturated rings. The van der Waals surface area contributed by atoms with Crippen LogP contribution in [0, 0.1) is 6.92 Å². The zero-order chi connectivity index (χ0) is 11.0. The lowest BCUT2D eigenvalue weighted by Crippen LogP contribution is -2.03. The van der Waals surface area contributed by atoms with Crippen LogP contribution in [0.5, 0.6) is 5.75 Å². The first-order valence-corrected chi connectivity index (χ1v) is 4.57. The Morgan fingerprint density at radius 3 is 2.73 bits per heavy atom. The maximum atomic E-state index is 11.2. The molecule has 0 aliphatic rings. The molecule has 2 aromatic rings. The molecule has 0 radical (unpaired) electrons. The number of hydrogen-bond donors (Lipinski definition) is 1. The van der Waals surface area contributed by atoms with Gasteiger partial charge in [-0.3, -0.25) is 4.79 Å². The van der Waals surface area contributed by atoms with Gasteiger partial charge in [0, 0.05) is 6.92 Å². The molecule has 0 aliphatic heterocycles. The van der Waals surface area contributed by atoms with Gasteiger partial charge in [0.25, 0.3) is 0 Å². The number of hydrogen-bond acceptors (Lipinski definition) is 4. The molecule has 0 spiro atoms. The zero-order valence-corrected chi connectivity index (χ0v) is 8.48. The van der Waals surface area contributed by atoms with Crippen molar-refractivity contribution in [2.75, 3.05) is 0 Å². The lowest BCUT2D eigenvalue weighted by atomic mass is 10.2. The molecular formula is C11H10N2O2. The highest BCUT2D eigenvalue weighted by Crippen LogP contribution is 2.21. The highest BCUT2D eigenvalue weighted by Gasteiger charge is 2.10. The van der Waals surface area contributed by atoms with Gasteiger partial charge in [-0.15, -0.1) is 0 Å². The zero-order valence-electron chi connectivity index (χ0n) is 8.48. The van der Waals surface area contributed by atoms with Crippen LogP contribution in [0.15, 0.2) is 18.2 Å². The number of aromatic nitrogens is 2. The SMILES string of the molecule is CC(=O)c1nc2cccc(O)c2nc1C. The molecule has 4 heteroatoms. The molecule has 1 heterocycles. The number of aryl methyl sites for hydroxylation is 1. The van der Waals surface area contributed by atoms with Crippen molar-refractivity contribution in [3.63, 3.8) is 0 Å². The summed E-state index contributed by atoms with van der Waals surface area (Å²) in [6.45, 7) is 3.15.